The van der Waals surface area contributed by atoms with Gasteiger partial charge in [-0.25, -0.2) is 0 Å². The number of hydrogen-bond acceptors (Lipinski definition) is 3. The van der Waals surface area contributed by atoms with E-state index in [-0.39, 0.29) is 11.9 Å². The number of hydrogen-bond donors (Lipinski definition) is 2. The van der Waals surface area contributed by atoms with Gasteiger partial charge in [0.25, 0.3) is 0 Å². The summed E-state index contributed by atoms with van der Waals surface area (Å²) in [6, 6.07) is 19.8. The fourth-order valence-electron chi connectivity index (χ4n) is 2.92. The highest BCUT2D eigenvalue weighted by Gasteiger charge is 2.18. The Morgan fingerprint density at radius 1 is 1.04 bits per heavy atom. The number of likely N-dealkylation sites (N-methyl/N-ethyl adjacent to an activating group) is 1. The second-order valence-electron chi connectivity index (χ2n) is 7.12. The average molecular weight is 340 g/mol. The molecule has 2 aromatic carbocycles. The number of nitrogens with one attached hydrogen (secondary N) is 1. The Hall–Kier alpha value is -2.17. The Bertz CT molecular complexity index is 611. The van der Waals surface area contributed by atoms with Crippen molar-refractivity contribution in [1.82, 2.24) is 10.2 Å². The van der Waals surface area contributed by atoms with E-state index in [1.807, 2.05) is 72.6 Å². The minimum Gasteiger partial charge on any atom is -0.389 e. The highest BCUT2D eigenvalue weighted by Crippen LogP contribution is 2.21. The molecule has 2 N–H and O–H groups in total. The number of carbonyl (C=O) groups excluding carboxylic acids is 1. The Balaban J connectivity index is 2.01. The maximum absolute atomic E-state index is 12.5. The molecule has 0 saturated heterocycles. The number of benzene rings is 2. The van der Waals surface area contributed by atoms with E-state index in [1.165, 1.54) is 0 Å². The highest BCUT2D eigenvalue weighted by molar-refractivity contribution is 5.77. The lowest BCUT2D eigenvalue weighted by Crippen LogP contribution is -2.38. The van der Waals surface area contributed by atoms with Gasteiger partial charge in [-0.05, 0) is 32.0 Å². The SMILES string of the molecule is CN(CCC(=O)NC(c1ccccc1)c1ccccc1)CC(C)(C)O. The Kier molecular flexibility index (Phi) is 6.73. The van der Waals surface area contributed by atoms with Crippen LogP contribution in [0.25, 0.3) is 0 Å². The van der Waals surface area contributed by atoms with Gasteiger partial charge in [-0.3, -0.25) is 4.79 Å². The largest absolute Gasteiger partial charge is 0.389 e. The topological polar surface area (TPSA) is 52.6 Å². The van der Waals surface area contributed by atoms with Gasteiger partial charge < -0.3 is 15.3 Å². The van der Waals surface area contributed by atoms with Gasteiger partial charge in [0.1, 0.15) is 0 Å². The van der Waals surface area contributed by atoms with Gasteiger partial charge in [-0.15, -0.1) is 0 Å². The zero-order valence-corrected chi connectivity index (χ0v) is 15.3. The van der Waals surface area contributed by atoms with E-state index in [9.17, 15) is 9.90 Å². The molecule has 2 aromatic rings. The Labute approximate surface area is 150 Å². The first kappa shape index (κ1) is 19.2. The Morgan fingerprint density at radius 2 is 1.52 bits per heavy atom. The average Bonchev–Trinajstić information content (AvgIpc) is 2.58. The van der Waals surface area contributed by atoms with Crippen LogP contribution in [0, 0.1) is 0 Å². The van der Waals surface area contributed by atoms with Crippen molar-refractivity contribution in [1.29, 1.82) is 0 Å². The second-order valence-corrected chi connectivity index (χ2v) is 7.12. The molecule has 25 heavy (non-hydrogen) atoms. The van der Waals surface area contributed by atoms with Crippen molar-refractivity contribution in [2.24, 2.45) is 0 Å². The molecule has 0 fully saturated rings. The van der Waals surface area contributed by atoms with Crippen molar-refractivity contribution in [3.8, 4) is 0 Å². The van der Waals surface area contributed by atoms with Gasteiger partial charge >= 0.3 is 0 Å². The van der Waals surface area contributed by atoms with Crippen molar-refractivity contribution < 1.29 is 9.90 Å². The van der Waals surface area contributed by atoms with Gasteiger partial charge in [0.05, 0.1) is 11.6 Å². The van der Waals surface area contributed by atoms with Crippen LogP contribution in [0.3, 0.4) is 0 Å². The normalized spacial score (nSPS) is 11.8. The summed E-state index contributed by atoms with van der Waals surface area (Å²) in [4.78, 5) is 14.4. The van der Waals surface area contributed by atoms with Gasteiger partial charge in [-0.1, -0.05) is 60.7 Å². The molecule has 0 aromatic heterocycles. The van der Waals surface area contributed by atoms with Gasteiger partial charge in [0.2, 0.25) is 5.91 Å². The quantitative estimate of drug-likeness (QED) is 0.777. The molecule has 0 atom stereocenters. The van der Waals surface area contributed by atoms with Crippen LogP contribution in [-0.4, -0.2) is 41.7 Å². The van der Waals surface area contributed by atoms with Gasteiger partial charge in [0.15, 0.2) is 0 Å². The van der Waals surface area contributed by atoms with Crippen LogP contribution >= 0.6 is 0 Å². The van der Waals surface area contributed by atoms with Crippen LogP contribution in [0.15, 0.2) is 60.7 Å². The highest BCUT2D eigenvalue weighted by atomic mass is 16.3. The Morgan fingerprint density at radius 3 is 1.96 bits per heavy atom. The fraction of sp³-hybridized carbons (Fsp3) is 0.381. The summed E-state index contributed by atoms with van der Waals surface area (Å²) in [5, 5.41) is 13.0. The van der Waals surface area contributed by atoms with Crippen molar-refractivity contribution in [3.05, 3.63) is 71.8 Å². The minimum atomic E-state index is -0.762. The predicted octanol–water partition coefficient (Wildman–Crippen LogP) is 2.99. The first-order valence-corrected chi connectivity index (χ1v) is 8.65. The van der Waals surface area contributed by atoms with E-state index in [0.29, 0.717) is 19.5 Å². The second kappa shape index (κ2) is 8.79. The molecule has 0 radical (unpaired) electrons. The third-order valence-corrected chi connectivity index (χ3v) is 3.95. The molecular weight excluding hydrogens is 312 g/mol. The minimum absolute atomic E-state index is 0.000280. The molecule has 4 nitrogen and oxygen atoms in total. The van der Waals surface area contributed by atoms with Crippen molar-refractivity contribution in [2.45, 2.75) is 31.9 Å². The maximum Gasteiger partial charge on any atom is 0.222 e. The van der Waals surface area contributed by atoms with Crippen LogP contribution in [0.5, 0.6) is 0 Å². The standard InChI is InChI=1S/C21H28N2O2/c1-21(2,25)16-23(3)15-14-19(24)22-20(17-10-6-4-7-11-17)18-12-8-5-9-13-18/h4-13,20,25H,14-16H2,1-3H3,(H,22,24). The number of amides is 1. The third kappa shape index (κ3) is 6.69. The molecule has 0 saturated carbocycles. The molecule has 1 amide bonds. The molecule has 0 bridgehead atoms. The number of rotatable bonds is 8. The summed E-state index contributed by atoms with van der Waals surface area (Å²) >= 11 is 0. The van der Waals surface area contributed by atoms with Gasteiger partial charge in [-0.2, -0.15) is 0 Å². The monoisotopic (exact) mass is 340 g/mol. The van der Waals surface area contributed by atoms with E-state index in [0.717, 1.165) is 11.1 Å². The van der Waals surface area contributed by atoms with Crippen molar-refractivity contribution in [3.63, 3.8) is 0 Å². The first-order valence-electron chi connectivity index (χ1n) is 8.65. The summed E-state index contributed by atoms with van der Waals surface area (Å²) < 4.78 is 0. The van der Waals surface area contributed by atoms with E-state index >= 15 is 0 Å². The lowest BCUT2D eigenvalue weighted by atomic mass is 9.98. The molecule has 0 aliphatic carbocycles. The van der Waals surface area contributed by atoms with Crippen molar-refractivity contribution in [2.75, 3.05) is 20.1 Å². The summed E-state index contributed by atoms with van der Waals surface area (Å²) in [6.45, 7) is 4.67. The third-order valence-electron chi connectivity index (χ3n) is 3.95. The van der Waals surface area contributed by atoms with Crippen LogP contribution in [0.4, 0.5) is 0 Å². The van der Waals surface area contributed by atoms with E-state index in [1.54, 1.807) is 13.8 Å². The smallest absolute Gasteiger partial charge is 0.222 e. The summed E-state index contributed by atoms with van der Waals surface area (Å²) in [6.07, 6.45) is 0.392. The molecule has 2 rings (SSSR count). The zero-order chi connectivity index (χ0) is 18.3. The summed E-state index contributed by atoms with van der Waals surface area (Å²) in [7, 11) is 1.91. The lowest BCUT2D eigenvalue weighted by Gasteiger charge is -2.25. The number of nitrogens with zero attached hydrogens (tertiary/aromatic N) is 1. The predicted molar refractivity (Wildman–Crippen MR) is 101 cm³/mol. The van der Waals surface area contributed by atoms with E-state index in [4.69, 9.17) is 0 Å². The molecule has 0 aliphatic rings. The number of aliphatic hydroxyl groups is 1. The summed E-state index contributed by atoms with van der Waals surface area (Å²) in [5.41, 5.74) is 1.36. The summed E-state index contributed by atoms with van der Waals surface area (Å²) in [5.74, 6) is 0.000280. The van der Waals surface area contributed by atoms with Crippen LogP contribution in [0.1, 0.15) is 37.4 Å². The van der Waals surface area contributed by atoms with Crippen LogP contribution in [0.2, 0.25) is 0 Å². The van der Waals surface area contributed by atoms with E-state index in [2.05, 4.69) is 5.32 Å². The molecule has 0 spiro atoms. The fourth-order valence-corrected chi connectivity index (χ4v) is 2.92. The van der Waals surface area contributed by atoms with Crippen molar-refractivity contribution >= 4 is 5.91 Å². The molecule has 4 heteroatoms. The molecule has 0 aliphatic heterocycles. The van der Waals surface area contributed by atoms with E-state index < -0.39 is 5.60 Å². The molecule has 134 valence electrons. The van der Waals surface area contributed by atoms with Gasteiger partial charge in [0, 0.05) is 19.5 Å². The maximum atomic E-state index is 12.5. The molecule has 0 heterocycles. The molecular formula is C21H28N2O2. The van der Waals surface area contributed by atoms with Crippen LogP contribution < -0.4 is 5.32 Å². The lowest BCUT2D eigenvalue weighted by molar-refractivity contribution is -0.122. The molecule has 0 unspecified atom stereocenters. The first-order chi connectivity index (χ1) is 11.8. The van der Waals surface area contributed by atoms with Crippen LogP contribution in [-0.2, 0) is 4.79 Å². The number of carbonyl (C=O) groups is 1. The zero-order valence-electron chi connectivity index (χ0n) is 15.3.